The van der Waals surface area contributed by atoms with E-state index in [1.165, 1.54) is 0 Å². The van der Waals surface area contributed by atoms with Gasteiger partial charge >= 0.3 is 0 Å². The molecule has 2 aliphatic rings. The van der Waals surface area contributed by atoms with Crippen LogP contribution in [0.1, 0.15) is 56.3 Å². The smallest absolute Gasteiger partial charge is 0.295 e. The van der Waals surface area contributed by atoms with Gasteiger partial charge in [-0.25, -0.2) is 0 Å². The summed E-state index contributed by atoms with van der Waals surface area (Å²) in [5, 5.41) is 11.4. The number of nitrogens with zero attached hydrogens (tertiary/aromatic N) is 2. The molecule has 2 aromatic carbocycles. The zero-order chi connectivity index (χ0) is 26.7. The Kier molecular flexibility index (Phi) is 8.22. The lowest BCUT2D eigenvalue weighted by Crippen LogP contribution is -2.32. The number of fused-ring (bicyclic) bond motifs is 1. The Morgan fingerprint density at radius 1 is 1.19 bits per heavy atom. The molecule has 7 heteroatoms. The van der Waals surface area contributed by atoms with Crippen molar-refractivity contribution < 1.29 is 24.2 Å². The van der Waals surface area contributed by atoms with Gasteiger partial charge in [-0.15, -0.1) is 0 Å². The molecular weight excluding hydrogens is 468 g/mol. The van der Waals surface area contributed by atoms with Crippen LogP contribution in [0.2, 0.25) is 0 Å². The molecule has 0 spiro atoms. The van der Waals surface area contributed by atoms with Crippen molar-refractivity contribution in [3.63, 3.8) is 0 Å². The van der Waals surface area contributed by atoms with Gasteiger partial charge in [0.15, 0.2) is 0 Å². The van der Waals surface area contributed by atoms with E-state index in [4.69, 9.17) is 9.47 Å². The van der Waals surface area contributed by atoms with E-state index in [0.29, 0.717) is 36.8 Å². The van der Waals surface area contributed by atoms with Crippen LogP contribution in [0.5, 0.6) is 11.5 Å². The maximum Gasteiger partial charge on any atom is 0.295 e. The molecule has 0 radical (unpaired) electrons. The predicted molar refractivity (Wildman–Crippen MR) is 144 cm³/mol. The second kappa shape index (κ2) is 11.4. The van der Waals surface area contributed by atoms with E-state index in [9.17, 15) is 14.7 Å². The quantitative estimate of drug-likeness (QED) is 0.283. The summed E-state index contributed by atoms with van der Waals surface area (Å²) in [5.74, 6) is 0.578. The molecule has 7 nitrogen and oxygen atoms in total. The van der Waals surface area contributed by atoms with Crippen molar-refractivity contribution in [2.45, 2.75) is 52.2 Å². The molecule has 1 amide bonds. The minimum absolute atomic E-state index is 0.0631. The Hall–Kier alpha value is -3.32. The maximum atomic E-state index is 13.4. The largest absolute Gasteiger partial charge is 0.507 e. The number of hydrogen-bond acceptors (Lipinski definition) is 6. The third kappa shape index (κ3) is 5.99. The summed E-state index contributed by atoms with van der Waals surface area (Å²) >= 11 is 0. The molecular formula is C30H38N2O5. The molecule has 0 aliphatic carbocycles. The van der Waals surface area contributed by atoms with E-state index in [0.717, 1.165) is 36.3 Å². The monoisotopic (exact) mass is 506 g/mol. The van der Waals surface area contributed by atoms with Crippen molar-refractivity contribution in [2.75, 3.05) is 33.8 Å². The van der Waals surface area contributed by atoms with Gasteiger partial charge in [0.1, 0.15) is 23.4 Å². The van der Waals surface area contributed by atoms with E-state index in [1.807, 2.05) is 62.3 Å². The molecule has 198 valence electrons. The van der Waals surface area contributed by atoms with Gasteiger partial charge in [-0.3, -0.25) is 9.59 Å². The summed E-state index contributed by atoms with van der Waals surface area (Å²) in [7, 11) is 3.95. The van der Waals surface area contributed by atoms with Crippen LogP contribution in [0.15, 0.2) is 48.0 Å². The van der Waals surface area contributed by atoms with Crippen molar-refractivity contribution in [1.29, 1.82) is 0 Å². The number of benzene rings is 2. The van der Waals surface area contributed by atoms with Crippen LogP contribution in [0.25, 0.3) is 5.76 Å². The van der Waals surface area contributed by atoms with Crippen LogP contribution in [0.3, 0.4) is 0 Å². The SMILES string of the molecule is CC(C)CCOc1cccc([C@@H]2C(=C(O)c3ccc4c(c3)C[C@@H](C)O4)C(=O)C(=O)N2CCCN(C)C)c1. The van der Waals surface area contributed by atoms with Crippen LogP contribution >= 0.6 is 0 Å². The molecule has 2 aliphatic heterocycles. The number of aliphatic hydroxyl groups is 1. The van der Waals surface area contributed by atoms with E-state index in [2.05, 4.69) is 13.8 Å². The van der Waals surface area contributed by atoms with E-state index >= 15 is 0 Å². The molecule has 0 aromatic heterocycles. The maximum absolute atomic E-state index is 13.4. The Morgan fingerprint density at radius 2 is 1.97 bits per heavy atom. The average Bonchev–Trinajstić information content (AvgIpc) is 3.34. The summed E-state index contributed by atoms with van der Waals surface area (Å²) < 4.78 is 11.8. The van der Waals surface area contributed by atoms with Crippen LogP contribution in [0.4, 0.5) is 0 Å². The molecule has 4 rings (SSSR count). The minimum Gasteiger partial charge on any atom is -0.507 e. The number of rotatable bonds is 10. The third-order valence-corrected chi connectivity index (χ3v) is 6.85. The van der Waals surface area contributed by atoms with Gasteiger partial charge in [-0.05, 0) is 87.8 Å². The minimum atomic E-state index is -0.695. The first-order chi connectivity index (χ1) is 17.7. The number of Topliss-reactive ketones (excluding diaryl/α,β-unsaturated/α-hetero) is 1. The topological polar surface area (TPSA) is 79.3 Å². The molecule has 2 aromatic rings. The molecule has 2 atom stereocenters. The van der Waals surface area contributed by atoms with Crippen LogP contribution in [0, 0.1) is 5.92 Å². The molecule has 1 saturated heterocycles. The first-order valence-corrected chi connectivity index (χ1v) is 13.1. The van der Waals surface area contributed by atoms with Crippen molar-refractivity contribution in [3.8, 4) is 11.5 Å². The Balaban J connectivity index is 1.73. The number of ether oxygens (including phenoxy) is 2. The molecule has 37 heavy (non-hydrogen) atoms. The number of amides is 1. The van der Waals surface area contributed by atoms with Gasteiger partial charge in [0.2, 0.25) is 0 Å². The lowest BCUT2D eigenvalue weighted by Gasteiger charge is -2.26. The van der Waals surface area contributed by atoms with Crippen molar-refractivity contribution in [1.82, 2.24) is 9.80 Å². The van der Waals surface area contributed by atoms with Gasteiger partial charge in [0.25, 0.3) is 11.7 Å². The fourth-order valence-corrected chi connectivity index (χ4v) is 4.93. The standard InChI is InChI=1S/C30H38N2O5/c1-19(2)12-15-36-24-9-6-8-21(18-24)27-26(29(34)30(35)32(27)14-7-13-31(4)5)28(33)22-10-11-25-23(17-22)16-20(3)37-25/h6,8-11,17-20,27,33H,7,12-16H2,1-5H3/t20-,27-/m1/s1. The number of ketones is 1. The van der Waals surface area contributed by atoms with Gasteiger partial charge in [0, 0.05) is 18.5 Å². The normalized spacial score (nSPS) is 20.6. The van der Waals surface area contributed by atoms with Gasteiger partial charge in [-0.1, -0.05) is 26.0 Å². The summed E-state index contributed by atoms with van der Waals surface area (Å²) in [5.41, 5.74) is 2.35. The summed E-state index contributed by atoms with van der Waals surface area (Å²) in [6.45, 7) is 8.05. The van der Waals surface area contributed by atoms with Crippen molar-refractivity contribution in [2.24, 2.45) is 5.92 Å². The van der Waals surface area contributed by atoms with Crippen LogP contribution < -0.4 is 9.47 Å². The number of carbonyl (C=O) groups is 2. The fraction of sp³-hybridized carbons (Fsp3) is 0.467. The average molecular weight is 507 g/mol. The lowest BCUT2D eigenvalue weighted by atomic mass is 9.94. The molecule has 0 unspecified atom stereocenters. The third-order valence-electron chi connectivity index (χ3n) is 6.85. The van der Waals surface area contributed by atoms with Crippen molar-refractivity contribution in [3.05, 3.63) is 64.7 Å². The summed E-state index contributed by atoms with van der Waals surface area (Å²) in [6, 6.07) is 12.2. The number of likely N-dealkylation sites (tertiary alicyclic amines) is 1. The fourth-order valence-electron chi connectivity index (χ4n) is 4.93. The van der Waals surface area contributed by atoms with Crippen LogP contribution in [-0.2, 0) is 16.0 Å². The zero-order valence-electron chi connectivity index (χ0n) is 22.5. The van der Waals surface area contributed by atoms with Gasteiger partial charge in [-0.2, -0.15) is 0 Å². The summed E-state index contributed by atoms with van der Waals surface area (Å²) in [6.07, 6.45) is 2.42. The van der Waals surface area contributed by atoms with E-state index < -0.39 is 17.7 Å². The number of aliphatic hydroxyl groups excluding tert-OH is 1. The number of hydrogen-bond donors (Lipinski definition) is 1. The zero-order valence-corrected chi connectivity index (χ0v) is 22.5. The van der Waals surface area contributed by atoms with E-state index in [-0.39, 0.29) is 17.4 Å². The highest BCUT2D eigenvalue weighted by molar-refractivity contribution is 6.46. The molecule has 2 heterocycles. The van der Waals surface area contributed by atoms with Crippen molar-refractivity contribution >= 4 is 17.4 Å². The first-order valence-electron chi connectivity index (χ1n) is 13.1. The van der Waals surface area contributed by atoms with E-state index in [1.54, 1.807) is 11.0 Å². The lowest BCUT2D eigenvalue weighted by molar-refractivity contribution is -0.139. The second-order valence-corrected chi connectivity index (χ2v) is 10.7. The van der Waals surface area contributed by atoms with Gasteiger partial charge in [0.05, 0.1) is 18.2 Å². The molecule has 1 N–H and O–H groups in total. The van der Waals surface area contributed by atoms with Gasteiger partial charge < -0.3 is 24.4 Å². The second-order valence-electron chi connectivity index (χ2n) is 10.7. The summed E-state index contributed by atoms with van der Waals surface area (Å²) in [4.78, 5) is 30.2. The van der Waals surface area contributed by atoms with Crippen LogP contribution in [-0.4, -0.2) is 66.5 Å². The Morgan fingerprint density at radius 3 is 2.70 bits per heavy atom. The molecule has 1 fully saturated rings. The highest BCUT2D eigenvalue weighted by Gasteiger charge is 2.46. The Labute approximate surface area is 219 Å². The molecule has 0 bridgehead atoms. The highest BCUT2D eigenvalue weighted by Crippen LogP contribution is 2.41. The number of carbonyl (C=O) groups excluding carboxylic acids is 2. The molecule has 0 saturated carbocycles. The first kappa shape index (κ1) is 26.7. The highest BCUT2D eigenvalue weighted by atomic mass is 16.5. The predicted octanol–water partition coefficient (Wildman–Crippen LogP) is 4.81. The Bertz CT molecular complexity index is 1190.